The monoisotopic (exact) mass is 231 g/mol. The van der Waals surface area contributed by atoms with Gasteiger partial charge in [-0.25, -0.2) is 0 Å². The zero-order valence-electron chi connectivity index (χ0n) is 11.8. The molecule has 1 aliphatic heterocycles. The van der Waals surface area contributed by atoms with Crippen molar-refractivity contribution < 1.29 is 0 Å². The minimum absolute atomic E-state index is 0.271. The summed E-state index contributed by atoms with van der Waals surface area (Å²) in [5.41, 5.74) is 3.23. The second-order valence-corrected chi connectivity index (χ2v) is 6.29. The van der Waals surface area contributed by atoms with Crippen LogP contribution in [0.3, 0.4) is 0 Å². The molecule has 0 aliphatic carbocycles. The summed E-state index contributed by atoms with van der Waals surface area (Å²) in [5.74, 6) is 0.776. The maximum absolute atomic E-state index is 2.59. The number of anilines is 1. The Morgan fingerprint density at radius 3 is 2.53 bits per heavy atom. The van der Waals surface area contributed by atoms with Gasteiger partial charge < -0.3 is 4.90 Å². The van der Waals surface area contributed by atoms with Gasteiger partial charge in [0.25, 0.3) is 0 Å². The average molecular weight is 231 g/mol. The van der Waals surface area contributed by atoms with Crippen LogP contribution in [0.1, 0.15) is 46.6 Å². The lowest BCUT2D eigenvalue weighted by molar-refractivity contribution is 0.430. The molecule has 0 saturated carbocycles. The Balaban J connectivity index is 2.29. The molecule has 0 fully saturated rings. The van der Waals surface area contributed by atoms with Gasteiger partial charge in [-0.3, -0.25) is 0 Å². The first-order valence-electron chi connectivity index (χ1n) is 6.80. The van der Waals surface area contributed by atoms with E-state index < -0.39 is 0 Å². The predicted octanol–water partition coefficient (Wildman–Crippen LogP) is 4.22. The standard InChI is InChI=1S/C16H25N/c1-12(2)10-11-17-13(3)16(4,5)14-8-6-7-9-15(14)17/h6-9,12-13H,10-11H2,1-5H3. The fourth-order valence-electron chi connectivity index (χ4n) is 2.80. The number of hydrogen-bond donors (Lipinski definition) is 0. The van der Waals surface area contributed by atoms with E-state index in [4.69, 9.17) is 0 Å². The Kier molecular flexibility index (Phi) is 3.20. The molecule has 1 aromatic carbocycles. The molecule has 0 spiro atoms. The van der Waals surface area contributed by atoms with Gasteiger partial charge in [-0.1, -0.05) is 45.9 Å². The van der Waals surface area contributed by atoms with Gasteiger partial charge in [0, 0.05) is 23.7 Å². The van der Waals surface area contributed by atoms with E-state index >= 15 is 0 Å². The first-order chi connectivity index (χ1) is 7.94. The molecule has 0 radical (unpaired) electrons. The lowest BCUT2D eigenvalue weighted by Gasteiger charge is -2.32. The van der Waals surface area contributed by atoms with Crippen molar-refractivity contribution in [1.29, 1.82) is 0 Å². The van der Waals surface area contributed by atoms with Crippen molar-refractivity contribution in [3.05, 3.63) is 29.8 Å². The Labute approximate surface area is 106 Å². The number of benzene rings is 1. The molecular weight excluding hydrogens is 206 g/mol. The van der Waals surface area contributed by atoms with Gasteiger partial charge in [0.1, 0.15) is 0 Å². The third-order valence-corrected chi connectivity index (χ3v) is 4.37. The maximum Gasteiger partial charge on any atom is 0.0407 e. The second-order valence-electron chi connectivity index (χ2n) is 6.29. The first kappa shape index (κ1) is 12.5. The first-order valence-corrected chi connectivity index (χ1v) is 6.80. The number of para-hydroxylation sites is 1. The molecule has 0 bridgehead atoms. The highest BCUT2D eigenvalue weighted by Gasteiger charge is 2.41. The van der Waals surface area contributed by atoms with Gasteiger partial charge in [-0.15, -0.1) is 0 Å². The van der Waals surface area contributed by atoms with Gasteiger partial charge in [0.05, 0.1) is 0 Å². The summed E-state index contributed by atoms with van der Waals surface area (Å²) in [6, 6.07) is 9.50. The van der Waals surface area contributed by atoms with Crippen molar-refractivity contribution >= 4 is 5.69 Å². The van der Waals surface area contributed by atoms with Crippen molar-refractivity contribution in [1.82, 2.24) is 0 Å². The van der Waals surface area contributed by atoms with Crippen LogP contribution < -0.4 is 4.90 Å². The molecular formula is C16H25N. The fraction of sp³-hybridized carbons (Fsp3) is 0.625. The van der Waals surface area contributed by atoms with Crippen LogP contribution in [0.25, 0.3) is 0 Å². The summed E-state index contributed by atoms with van der Waals surface area (Å²) in [6.45, 7) is 12.9. The average Bonchev–Trinajstić information content (AvgIpc) is 2.47. The van der Waals surface area contributed by atoms with Crippen LogP contribution >= 0.6 is 0 Å². The van der Waals surface area contributed by atoms with Gasteiger partial charge in [0.15, 0.2) is 0 Å². The molecule has 0 amide bonds. The van der Waals surface area contributed by atoms with E-state index in [1.54, 1.807) is 0 Å². The van der Waals surface area contributed by atoms with Crippen molar-refractivity contribution in [2.75, 3.05) is 11.4 Å². The summed E-state index contributed by atoms with van der Waals surface area (Å²) in [6.07, 6.45) is 1.27. The zero-order chi connectivity index (χ0) is 12.6. The minimum atomic E-state index is 0.271. The van der Waals surface area contributed by atoms with Crippen LogP contribution in [0, 0.1) is 5.92 Å². The van der Waals surface area contributed by atoms with Crippen LogP contribution in [0.2, 0.25) is 0 Å². The zero-order valence-corrected chi connectivity index (χ0v) is 11.8. The molecule has 1 heterocycles. The van der Waals surface area contributed by atoms with E-state index in [9.17, 15) is 0 Å². The molecule has 94 valence electrons. The molecule has 1 aromatic rings. The van der Waals surface area contributed by atoms with Crippen LogP contribution in [-0.2, 0) is 5.41 Å². The highest BCUT2D eigenvalue weighted by atomic mass is 15.2. The number of hydrogen-bond acceptors (Lipinski definition) is 1. The maximum atomic E-state index is 2.59. The van der Waals surface area contributed by atoms with Crippen molar-refractivity contribution in [2.24, 2.45) is 5.92 Å². The number of rotatable bonds is 3. The lowest BCUT2D eigenvalue weighted by Crippen LogP contribution is -2.39. The summed E-state index contributed by atoms with van der Waals surface area (Å²) < 4.78 is 0. The minimum Gasteiger partial charge on any atom is -0.368 e. The van der Waals surface area contributed by atoms with Crippen molar-refractivity contribution in [3.63, 3.8) is 0 Å². The van der Waals surface area contributed by atoms with Gasteiger partial charge in [-0.05, 0) is 30.9 Å². The van der Waals surface area contributed by atoms with E-state index in [0.717, 1.165) is 5.92 Å². The van der Waals surface area contributed by atoms with Crippen LogP contribution in [-0.4, -0.2) is 12.6 Å². The molecule has 0 aromatic heterocycles. The predicted molar refractivity (Wildman–Crippen MR) is 75.7 cm³/mol. The Bertz CT molecular complexity index is 392. The Morgan fingerprint density at radius 2 is 1.88 bits per heavy atom. The highest BCUT2D eigenvalue weighted by Crippen LogP contribution is 2.44. The summed E-state index contributed by atoms with van der Waals surface area (Å²) >= 11 is 0. The molecule has 0 N–H and O–H groups in total. The molecule has 1 aliphatic rings. The lowest BCUT2D eigenvalue weighted by atomic mass is 9.81. The Hall–Kier alpha value is -0.980. The number of nitrogens with zero attached hydrogens (tertiary/aromatic N) is 1. The van der Waals surface area contributed by atoms with Crippen LogP contribution in [0.5, 0.6) is 0 Å². The number of fused-ring (bicyclic) bond motifs is 1. The quantitative estimate of drug-likeness (QED) is 0.753. The summed E-state index contributed by atoms with van der Waals surface area (Å²) in [5, 5.41) is 0. The van der Waals surface area contributed by atoms with Crippen LogP contribution in [0.15, 0.2) is 24.3 Å². The molecule has 0 saturated heterocycles. The third kappa shape index (κ3) is 2.08. The van der Waals surface area contributed by atoms with E-state index in [0.29, 0.717) is 6.04 Å². The van der Waals surface area contributed by atoms with E-state index in [2.05, 4.69) is 63.8 Å². The molecule has 2 rings (SSSR count). The Morgan fingerprint density at radius 1 is 1.24 bits per heavy atom. The molecule has 1 nitrogen and oxygen atoms in total. The molecule has 1 unspecified atom stereocenters. The summed E-state index contributed by atoms with van der Waals surface area (Å²) in [7, 11) is 0. The van der Waals surface area contributed by atoms with Gasteiger partial charge in [-0.2, -0.15) is 0 Å². The molecule has 17 heavy (non-hydrogen) atoms. The van der Waals surface area contributed by atoms with E-state index in [1.165, 1.54) is 24.2 Å². The molecule has 1 heteroatoms. The fourth-order valence-corrected chi connectivity index (χ4v) is 2.80. The van der Waals surface area contributed by atoms with E-state index in [1.807, 2.05) is 0 Å². The SMILES string of the molecule is CC(C)CCN1c2ccccc2C(C)(C)C1C. The van der Waals surface area contributed by atoms with Crippen molar-refractivity contribution in [2.45, 2.75) is 52.5 Å². The highest BCUT2D eigenvalue weighted by molar-refractivity contribution is 5.63. The smallest absolute Gasteiger partial charge is 0.0407 e. The largest absolute Gasteiger partial charge is 0.368 e. The van der Waals surface area contributed by atoms with Gasteiger partial charge in [0.2, 0.25) is 0 Å². The van der Waals surface area contributed by atoms with Gasteiger partial charge >= 0.3 is 0 Å². The summed E-state index contributed by atoms with van der Waals surface area (Å²) in [4.78, 5) is 2.59. The van der Waals surface area contributed by atoms with Crippen LogP contribution in [0.4, 0.5) is 5.69 Å². The van der Waals surface area contributed by atoms with E-state index in [-0.39, 0.29) is 5.41 Å². The normalized spacial score (nSPS) is 22.0. The third-order valence-electron chi connectivity index (χ3n) is 4.37. The molecule has 1 atom stereocenters. The second kappa shape index (κ2) is 4.36. The topological polar surface area (TPSA) is 3.24 Å². The van der Waals surface area contributed by atoms with Crippen molar-refractivity contribution in [3.8, 4) is 0 Å².